The summed E-state index contributed by atoms with van der Waals surface area (Å²) in [6, 6.07) is 9.07. The molecule has 8 nitrogen and oxygen atoms in total. The van der Waals surface area contributed by atoms with Crippen molar-refractivity contribution in [1.82, 2.24) is 10.2 Å². The highest BCUT2D eigenvalue weighted by atomic mass is 19.1. The molecular weight excluding hydrogens is 453 g/mol. The first-order chi connectivity index (χ1) is 16.7. The van der Waals surface area contributed by atoms with Crippen LogP contribution in [0.5, 0.6) is 11.5 Å². The minimum Gasteiger partial charge on any atom is -0.493 e. The summed E-state index contributed by atoms with van der Waals surface area (Å²) in [5.41, 5.74) is 0.223. The first-order valence-corrected chi connectivity index (χ1v) is 11.7. The van der Waals surface area contributed by atoms with Gasteiger partial charge in [0.15, 0.2) is 11.5 Å². The molecule has 2 fully saturated rings. The highest BCUT2D eigenvalue weighted by Crippen LogP contribution is 2.54. The fraction of sp³-hybridized carbons (Fsp3) is 0.423. The van der Waals surface area contributed by atoms with Gasteiger partial charge in [-0.2, -0.15) is 0 Å². The average molecular weight is 482 g/mol. The molecule has 3 heterocycles. The van der Waals surface area contributed by atoms with E-state index in [0.717, 1.165) is 5.56 Å². The number of hydrogen-bond donors (Lipinski definition) is 2. The molecule has 2 aromatic carbocycles. The van der Waals surface area contributed by atoms with Crippen molar-refractivity contribution in [1.29, 1.82) is 0 Å². The molecular formula is C26H28FN3O5. The summed E-state index contributed by atoms with van der Waals surface area (Å²) < 4.78 is 24.9. The Morgan fingerprint density at radius 2 is 1.77 bits per heavy atom. The third-order valence-electron chi connectivity index (χ3n) is 7.49. The lowest BCUT2D eigenvalue weighted by molar-refractivity contribution is -0.142. The first-order valence-electron chi connectivity index (χ1n) is 11.7. The fourth-order valence-corrected chi connectivity index (χ4v) is 5.84. The van der Waals surface area contributed by atoms with Crippen LogP contribution in [0.4, 0.5) is 10.1 Å². The van der Waals surface area contributed by atoms with Crippen LogP contribution in [-0.4, -0.2) is 49.4 Å². The summed E-state index contributed by atoms with van der Waals surface area (Å²) in [5.74, 6) is -2.20. The molecule has 3 aliphatic rings. The molecule has 35 heavy (non-hydrogen) atoms. The van der Waals surface area contributed by atoms with Gasteiger partial charge >= 0.3 is 0 Å². The van der Waals surface area contributed by atoms with E-state index >= 15 is 0 Å². The number of amides is 3. The fourth-order valence-electron chi connectivity index (χ4n) is 5.84. The van der Waals surface area contributed by atoms with Crippen LogP contribution >= 0.6 is 0 Å². The predicted molar refractivity (Wildman–Crippen MR) is 125 cm³/mol. The van der Waals surface area contributed by atoms with E-state index in [0.29, 0.717) is 29.2 Å². The molecule has 0 bridgehead atoms. The maximum absolute atomic E-state index is 14.3. The lowest BCUT2D eigenvalue weighted by atomic mass is 9.76. The van der Waals surface area contributed by atoms with E-state index in [-0.39, 0.29) is 18.4 Å². The van der Waals surface area contributed by atoms with Gasteiger partial charge in [0.1, 0.15) is 11.4 Å². The zero-order valence-corrected chi connectivity index (χ0v) is 20.1. The van der Waals surface area contributed by atoms with Crippen molar-refractivity contribution in [2.45, 2.75) is 31.8 Å². The van der Waals surface area contributed by atoms with Crippen molar-refractivity contribution in [3.63, 3.8) is 0 Å². The number of likely N-dealkylation sites (tertiary alicyclic amines) is 1. The lowest BCUT2D eigenvalue weighted by Crippen LogP contribution is -2.54. The number of hydrogen-bond acceptors (Lipinski definition) is 6. The Morgan fingerprint density at radius 3 is 2.46 bits per heavy atom. The second kappa shape index (κ2) is 8.34. The summed E-state index contributed by atoms with van der Waals surface area (Å²) >= 11 is 0. The number of benzene rings is 2. The van der Waals surface area contributed by atoms with Crippen molar-refractivity contribution in [2.24, 2.45) is 17.8 Å². The Kier molecular flexibility index (Phi) is 5.55. The molecule has 9 heteroatoms. The Balaban J connectivity index is 1.49. The zero-order chi connectivity index (χ0) is 25.1. The Hall–Kier alpha value is -3.46. The van der Waals surface area contributed by atoms with Crippen LogP contribution in [0, 0.1) is 23.6 Å². The normalized spacial score (nSPS) is 27.0. The highest BCUT2D eigenvalue weighted by molar-refractivity contribution is 6.15. The quantitative estimate of drug-likeness (QED) is 0.616. The molecule has 2 saturated heterocycles. The summed E-state index contributed by atoms with van der Waals surface area (Å²) in [6.45, 7) is 4.05. The minimum absolute atomic E-state index is 0.0326. The van der Waals surface area contributed by atoms with Crippen molar-refractivity contribution in [2.75, 3.05) is 26.1 Å². The van der Waals surface area contributed by atoms with E-state index in [4.69, 9.17) is 9.47 Å². The summed E-state index contributed by atoms with van der Waals surface area (Å²) in [4.78, 5) is 42.0. The molecule has 3 amide bonds. The summed E-state index contributed by atoms with van der Waals surface area (Å²) in [7, 11) is 3.10. The minimum atomic E-state index is -1.48. The number of nitrogens with zero attached hydrogens (tertiary/aromatic N) is 1. The number of carbonyl (C=O) groups is 3. The van der Waals surface area contributed by atoms with E-state index in [1.54, 1.807) is 20.3 Å². The SMILES string of the molecule is COc1ccc(CCN2C(=O)[C@H]3[C@@H](C2=O)[C@]2(N[C@H]3C(C)C)C(=O)Nc3ccc(F)cc32)cc1OC. The standard InChI is InChI=1S/C26H28FN3O5/c1-13(2)22-20-21(26(29-22)16-12-15(27)6-7-17(16)28-25(26)33)24(32)30(23(20)31)10-9-14-5-8-18(34-3)19(11-14)35-4/h5-8,11-13,20-22,29H,9-10H2,1-4H3,(H,28,33)/t20-,21-,22-,26-/m0/s1. The van der Waals surface area contributed by atoms with Gasteiger partial charge in [-0.15, -0.1) is 0 Å². The van der Waals surface area contributed by atoms with Crippen LogP contribution in [0.1, 0.15) is 25.0 Å². The molecule has 184 valence electrons. The smallest absolute Gasteiger partial charge is 0.250 e. The van der Waals surface area contributed by atoms with E-state index in [1.165, 1.54) is 23.1 Å². The van der Waals surface area contributed by atoms with E-state index in [1.807, 2.05) is 26.0 Å². The van der Waals surface area contributed by atoms with Crippen LogP contribution in [-0.2, 0) is 26.3 Å². The Morgan fingerprint density at radius 1 is 1.03 bits per heavy atom. The second-order valence-corrected chi connectivity index (χ2v) is 9.64. The van der Waals surface area contributed by atoms with Crippen LogP contribution in [0.2, 0.25) is 0 Å². The zero-order valence-electron chi connectivity index (χ0n) is 20.1. The molecule has 0 unspecified atom stereocenters. The van der Waals surface area contributed by atoms with Crippen molar-refractivity contribution in [3.8, 4) is 11.5 Å². The summed E-state index contributed by atoms with van der Waals surface area (Å²) in [5, 5.41) is 6.09. The summed E-state index contributed by atoms with van der Waals surface area (Å²) in [6.07, 6.45) is 0.418. The van der Waals surface area contributed by atoms with E-state index < -0.39 is 41.0 Å². The van der Waals surface area contributed by atoms with Gasteiger partial charge in [0, 0.05) is 23.8 Å². The molecule has 0 radical (unpaired) electrons. The van der Waals surface area contributed by atoms with Crippen LogP contribution in [0.25, 0.3) is 0 Å². The van der Waals surface area contributed by atoms with Gasteiger partial charge in [-0.05, 0) is 48.2 Å². The topological polar surface area (TPSA) is 97.0 Å². The maximum Gasteiger partial charge on any atom is 0.250 e. The number of imide groups is 1. The van der Waals surface area contributed by atoms with Crippen LogP contribution < -0.4 is 20.1 Å². The molecule has 2 aromatic rings. The monoisotopic (exact) mass is 481 g/mol. The molecule has 2 N–H and O–H groups in total. The van der Waals surface area contributed by atoms with Gasteiger partial charge in [0.2, 0.25) is 17.7 Å². The number of nitrogens with one attached hydrogen (secondary N) is 2. The van der Waals surface area contributed by atoms with Gasteiger partial charge in [-0.3, -0.25) is 24.6 Å². The van der Waals surface area contributed by atoms with Crippen molar-refractivity contribution in [3.05, 3.63) is 53.3 Å². The largest absolute Gasteiger partial charge is 0.493 e. The highest BCUT2D eigenvalue weighted by Gasteiger charge is 2.70. The van der Waals surface area contributed by atoms with E-state index in [9.17, 15) is 18.8 Å². The van der Waals surface area contributed by atoms with Gasteiger partial charge in [-0.25, -0.2) is 4.39 Å². The van der Waals surface area contributed by atoms with Gasteiger partial charge < -0.3 is 14.8 Å². The Labute approximate surface area is 202 Å². The number of fused-ring (bicyclic) bond motifs is 4. The van der Waals surface area contributed by atoms with Gasteiger partial charge in [-0.1, -0.05) is 19.9 Å². The van der Waals surface area contributed by atoms with Gasteiger partial charge in [0.05, 0.1) is 26.1 Å². The van der Waals surface area contributed by atoms with Gasteiger partial charge in [0.25, 0.3) is 0 Å². The van der Waals surface area contributed by atoms with Crippen molar-refractivity contribution >= 4 is 23.4 Å². The van der Waals surface area contributed by atoms with E-state index in [2.05, 4.69) is 10.6 Å². The molecule has 1 spiro atoms. The first kappa shape index (κ1) is 23.3. The number of carbonyl (C=O) groups excluding carboxylic acids is 3. The number of methoxy groups -OCH3 is 2. The Bertz CT molecular complexity index is 1230. The molecule has 0 saturated carbocycles. The number of anilines is 1. The molecule has 0 aliphatic carbocycles. The number of rotatable bonds is 6. The maximum atomic E-state index is 14.3. The predicted octanol–water partition coefficient (Wildman–Crippen LogP) is 2.46. The third-order valence-corrected chi connectivity index (χ3v) is 7.49. The average Bonchev–Trinajstić information content (AvgIpc) is 3.43. The molecule has 5 rings (SSSR count). The number of ether oxygens (including phenoxy) is 2. The molecule has 0 aromatic heterocycles. The van der Waals surface area contributed by atoms with Crippen LogP contribution in [0.15, 0.2) is 36.4 Å². The third kappa shape index (κ3) is 3.32. The van der Waals surface area contributed by atoms with Crippen molar-refractivity contribution < 1.29 is 28.2 Å². The second-order valence-electron chi connectivity index (χ2n) is 9.64. The molecule has 3 aliphatic heterocycles. The molecule has 4 atom stereocenters. The van der Waals surface area contributed by atoms with Crippen LogP contribution in [0.3, 0.4) is 0 Å². The number of halogens is 1. The lowest BCUT2D eigenvalue weighted by Gasteiger charge is -2.30.